The van der Waals surface area contributed by atoms with Crippen LogP contribution in [-0.2, 0) is 10.8 Å². The normalized spacial score (nSPS) is 19.3. The molecule has 0 aliphatic heterocycles. The van der Waals surface area contributed by atoms with Gasteiger partial charge in [0.1, 0.15) is 0 Å². The zero-order valence-electron chi connectivity index (χ0n) is 9.69. The lowest BCUT2D eigenvalue weighted by atomic mass is 10.2. The van der Waals surface area contributed by atoms with Crippen LogP contribution in [0, 0.1) is 5.92 Å². The van der Waals surface area contributed by atoms with E-state index in [4.69, 9.17) is 0 Å². The van der Waals surface area contributed by atoms with Gasteiger partial charge in [-0.3, -0.25) is 4.21 Å². The van der Waals surface area contributed by atoms with Crippen LogP contribution in [0.15, 0.2) is 35.2 Å². The van der Waals surface area contributed by atoms with Gasteiger partial charge in [-0.25, -0.2) is 0 Å². The lowest BCUT2D eigenvalue weighted by molar-refractivity contribution is 0.514. The van der Waals surface area contributed by atoms with Crippen molar-refractivity contribution in [2.24, 2.45) is 5.92 Å². The van der Waals surface area contributed by atoms with Crippen molar-refractivity contribution < 1.29 is 4.21 Å². The lowest BCUT2D eigenvalue weighted by Gasteiger charge is -2.16. The summed E-state index contributed by atoms with van der Waals surface area (Å²) in [7, 11) is -0.858. The maximum Gasteiger partial charge on any atom is 0.0545 e. The highest BCUT2D eigenvalue weighted by molar-refractivity contribution is 7.85. The molecule has 2 nitrogen and oxygen atoms in total. The summed E-state index contributed by atoms with van der Waals surface area (Å²) >= 11 is 0. The second-order valence-electron chi connectivity index (χ2n) is 4.33. The van der Waals surface area contributed by atoms with Gasteiger partial charge in [-0.1, -0.05) is 25.1 Å². The largest absolute Gasteiger partial charge is 0.313 e. The zero-order chi connectivity index (χ0) is 11.4. The molecule has 0 bridgehead atoms. The molecular weight excluding hydrogens is 218 g/mol. The maximum absolute atomic E-state index is 12.1. The quantitative estimate of drug-likeness (QED) is 0.821. The van der Waals surface area contributed by atoms with E-state index in [1.54, 1.807) is 0 Å². The summed E-state index contributed by atoms with van der Waals surface area (Å²) in [6, 6.07) is 10.2. The van der Waals surface area contributed by atoms with Gasteiger partial charge >= 0.3 is 0 Å². The fourth-order valence-electron chi connectivity index (χ4n) is 1.95. The summed E-state index contributed by atoms with van der Waals surface area (Å²) in [6.45, 7) is 3.08. The first kappa shape index (κ1) is 11.8. The van der Waals surface area contributed by atoms with Gasteiger partial charge in [0.25, 0.3) is 0 Å². The number of nitrogens with one attached hydrogen (secondary N) is 1. The van der Waals surface area contributed by atoms with Crippen molar-refractivity contribution in [1.29, 1.82) is 0 Å². The number of hydrogen-bond acceptors (Lipinski definition) is 2. The molecule has 0 saturated heterocycles. The van der Waals surface area contributed by atoms with Gasteiger partial charge in [0.15, 0.2) is 0 Å². The Labute approximate surface area is 99.9 Å². The van der Waals surface area contributed by atoms with Crippen LogP contribution in [0.1, 0.15) is 19.8 Å². The average molecular weight is 237 g/mol. The third kappa shape index (κ3) is 3.16. The van der Waals surface area contributed by atoms with E-state index in [1.807, 2.05) is 30.3 Å². The van der Waals surface area contributed by atoms with Crippen LogP contribution in [0.4, 0.5) is 0 Å². The molecule has 0 amide bonds. The minimum atomic E-state index is -0.858. The van der Waals surface area contributed by atoms with Crippen LogP contribution in [0.5, 0.6) is 0 Å². The third-order valence-corrected chi connectivity index (χ3v) is 4.45. The number of rotatable bonds is 6. The monoisotopic (exact) mass is 237 g/mol. The van der Waals surface area contributed by atoms with Crippen LogP contribution >= 0.6 is 0 Å². The standard InChI is InChI=1S/C13H19NOS/c1-2-14-13(11-8-9-11)10-16(15)12-6-4-3-5-7-12/h3-7,11,13-14H,2,8-10H2,1H3. The smallest absolute Gasteiger partial charge is 0.0545 e. The Morgan fingerprint density at radius 1 is 1.38 bits per heavy atom. The van der Waals surface area contributed by atoms with Crippen LogP contribution in [0.25, 0.3) is 0 Å². The minimum Gasteiger partial charge on any atom is -0.313 e. The zero-order valence-corrected chi connectivity index (χ0v) is 10.5. The minimum absolute atomic E-state index is 0.436. The Morgan fingerprint density at radius 3 is 2.62 bits per heavy atom. The van der Waals surface area contributed by atoms with Gasteiger partial charge in [0, 0.05) is 16.7 Å². The molecule has 2 unspecified atom stereocenters. The van der Waals surface area contributed by atoms with Gasteiger partial charge in [0.2, 0.25) is 0 Å². The van der Waals surface area contributed by atoms with Crippen LogP contribution in [0.2, 0.25) is 0 Å². The van der Waals surface area contributed by atoms with E-state index in [9.17, 15) is 4.21 Å². The summed E-state index contributed by atoms with van der Waals surface area (Å²) in [5.74, 6) is 1.51. The first-order chi connectivity index (χ1) is 7.81. The van der Waals surface area contributed by atoms with Crippen molar-refractivity contribution >= 4 is 10.8 Å². The second kappa shape index (κ2) is 5.60. The Balaban J connectivity index is 1.95. The average Bonchev–Trinajstić information content (AvgIpc) is 3.13. The van der Waals surface area contributed by atoms with Gasteiger partial charge in [-0.2, -0.15) is 0 Å². The fourth-order valence-corrected chi connectivity index (χ4v) is 3.32. The molecule has 2 atom stereocenters. The molecule has 0 spiro atoms. The molecule has 1 aliphatic rings. The molecule has 1 aromatic rings. The maximum atomic E-state index is 12.1. The first-order valence-electron chi connectivity index (χ1n) is 5.98. The predicted molar refractivity (Wildman–Crippen MR) is 67.9 cm³/mol. The highest BCUT2D eigenvalue weighted by Gasteiger charge is 2.31. The molecule has 16 heavy (non-hydrogen) atoms. The lowest BCUT2D eigenvalue weighted by Crippen LogP contribution is -2.35. The van der Waals surface area contributed by atoms with Crippen molar-refractivity contribution in [3.05, 3.63) is 30.3 Å². The summed E-state index contributed by atoms with van der Waals surface area (Å²) in [5.41, 5.74) is 0. The molecule has 1 aliphatic carbocycles. The Bertz CT molecular complexity index is 348. The summed E-state index contributed by atoms with van der Waals surface area (Å²) in [4.78, 5) is 0.950. The fraction of sp³-hybridized carbons (Fsp3) is 0.538. The SMILES string of the molecule is CCNC(CS(=O)c1ccccc1)C1CC1. The molecule has 1 fully saturated rings. The molecule has 3 heteroatoms. The molecule has 2 rings (SSSR count). The van der Waals surface area contributed by atoms with Gasteiger partial charge in [-0.05, 0) is 37.4 Å². The first-order valence-corrected chi connectivity index (χ1v) is 7.30. The van der Waals surface area contributed by atoms with E-state index in [0.717, 1.165) is 23.1 Å². The molecule has 1 saturated carbocycles. The van der Waals surface area contributed by atoms with E-state index in [1.165, 1.54) is 12.8 Å². The predicted octanol–water partition coefficient (Wildman–Crippen LogP) is 2.18. The van der Waals surface area contributed by atoms with Crippen molar-refractivity contribution in [3.63, 3.8) is 0 Å². The molecule has 1 N–H and O–H groups in total. The summed E-state index contributed by atoms with van der Waals surface area (Å²) < 4.78 is 12.1. The molecule has 88 valence electrons. The highest BCUT2D eigenvalue weighted by atomic mass is 32.2. The van der Waals surface area contributed by atoms with Crippen molar-refractivity contribution in [2.75, 3.05) is 12.3 Å². The van der Waals surface area contributed by atoms with Gasteiger partial charge in [0.05, 0.1) is 10.8 Å². The Hall–Kier alpha value is -0.670. The van der Waals surface area contributed by atoms with E-state index in [0.29, 0.717) is 6.04 Å². The topological polar surface area (TPSA) is 29.1 Å². The van der Waals surface area contributed by atoms with Gasteiger partial charge < -0.3 is 5.32 Å². The summed E-state index contributed by atoms with van der Waals surface area (Å²) in [5, 5.41) is 3.45. The molecule has 0 heterocycles. The van der Waals surface area contributed by atoms with Crippen molar-refractivity contribution in [1.82, 2.24) is 5.32 Å². The second-order valence-corrected chi connectivity index (χ2v) is 5.82. The third-order valence-electron chi connectivity index (χ3n) is 2.99. The van der Waals surface area contributed by atoms with Crippen LogP contribution in [-0.4, -0.2) is 22.5 Å². The Morgan fingerprint density at radius 2 is 2.06 bits per heavy atom. The highest BCUT2D eigenvalue weighted by Crippen LogP contribution is 2.33. The molecule has 1 aromatic carbocycles. The van der Waals surface area contributed by atoms with E-state index >= 15 is 0 Å². The number of hydrogen-bond donors (Lipinski definition) is 1. The van der Waals surface area contributed by atoms with E-state index < -0.39 is 10.8 Å². The van der Waals surface area contributed by atoms with E-state index in [2.05, 4.69) is 12.2 Å². The van der Waals surface area contributed by atoms with E-state index in [-0.39, 0.29) is 0 Å². The number of benzene rings is 1. The molecular formula is C13H19NOS. The van der Waals surface area contributed by atoms with Crippen LogP contribution in [0.3, 0.4) is 0 Å². The Kier molecular flexibility index (Phi) is 4.13. The molecule has 0 aromatic heterocycles. The van der Waals surface area contributed by atoms with Crippen molar-refractivity contribution in [2.45, 2.75) is 30.7 Å². The van der Waals surface area contributed by atoms with Crippen molar-refractivity contribution in [3.8, 4) is 0 Å². The van der Waals surface area contributed by atoms with Crippen LogP contribution < -0.4 is 5.32 Å². The molecule has 0 radical (unpaired) electrons. The van der Waals surface area contributed by atoms with Gasteiger partial charge in [-0.15, -0.1) is 0 Å². The summed E-state index contributed by atoms with van der Waals surface area (Å²) in [6.07, 6.45) is 2.59.